The van der Waals surface area contributed by atoms with E-state index in [1.54, 1.807) is 24.6 Å². The number of carbonyl (C=O) groups excluding carboxylic acids is 1. The van der Waals surface area contributed by atoms with Gasteiger partial charge < -0.3 is 16.4 Å². The molecule has 2 heterocycles. The number of thiophene rings is 1. The number of hydrogen-bond donors (Lipinski definition) is 3. The Morgan fingerprint density at radius 2 is 2.06 bits per heavy atom. The van der Waals surface area contributed by atoms with Crippen LogP contribution in [0.3, 0.4) is 0 Å². The number of nitrogens with two attached hydrogens (primary N) is 1. The van der Waals surface area contributed by atoms with Gasteiger partial charge >= 0.3 is 0 Å². The van der Waals surface area contributed by atoms with Crippen LogP contribution in [0.1, 0.15) is 39.6 Å². The molecule has 2 aromatic heterocycles. The molecule has 0 saturated carbocycles. The minimum atomic E-state index is -0.346. The summed E-state index contributed by atoms with van der Waals surface area (Å²) in [6.45, 7) is 0.745. The number of anilines is 1. The van der Waals surface area contributed by atoms with E-state index >= 15 is 0 Å². The van der Waals surface area contributed by atoms with Gasteiger partial charge in [-0.3, -0.25) is 4.79 Å². The second kappa shape index (κ2) is 9.13. The van der Waals surface area contributed by atoms with Gasteiger partial charge in [0.05, 0.1) is 11.9 Å². The van der Waals surface area contributed by atoms with Crippen molar-refractivity contribution in [1.29, 1.82) is 0 Å². The minimum absolute atomic E-state index is 0.123. The Balaban J connectivity index is 1.31. The third-order valence-corrected chi connectivity index (χ3v) is 6.96. The second-order valence-corrected chi connectivity index (χ2v) is 9.08. The van der Waals surface area contributed by atoms with Gasteiger partial charge in [-0.1, -0.05) is 42.5 Å². The highest BCUT2D eigenvalue weighted by Gasteiger charge is 2.22. The maximum absolute atomic E-state index is 12.0. The molecule has 0 fully saturated rings. The number of nitrogens with zero attached hydrogens (tertiary/aromatic N) is 2. The topological polar surface area (TPSA) is 92.9 Å². The molecule has 1 atom stereocenters. The van der Waals surface area contributed by atoms with Crippen LogP contribution >= 0.6 is 11.3 Å². The van der Waals surface area contributed by atoms with Crippen molar-refractivity contribution in [2.24, 2.45) is 0 Å². The molecule has 0 unspecified atom stereocenters. The molecule has 2 aromatic carbocycles. The molecule has 4 N–H and O–H groups in total. The third-order valence-electron chi connectivity index (χ3n) is 6.04. The summed E-state index contributed by atoms with van der Waals surface area (Å²) < 4.78 is 0. The summed E-state index contributed by atoms with van der Waals surface area (Å²) in [6, 6.07) is 19.6. The van der Waals surface area contributed by atoms with E-state index < -0.39 is 0 Å². The Labute approximate surface area is 196 Å². The fraction of sp³-hybridized carbons (Fsp3) is 0.192. The molecule has 1 aliphatic carbocycles. The number of hydrogen-bond acceptors (Lipinski definition) is 6. The van der Waals surface area contributed by atoms with E-state index in [1.165, 1.54) is 21.6 Å². The summed E-state index contributed by atoms with van der Waals surface area (Å²) in [5.41, 5.74) is 12.8. The lowest BCUT2D eigenvalue weighted by Gasteiger charge is -2.15. The number of amides is 1. The zero-order chi connectivity index (χ0) is 22.8. The molecule has 0 spiro atoms. The van der Waals surface area contributed by atoms with Gasteiger partial charge in [-0.25, -0.2) is 9.97 Å². The number of carbonyl (C=O) groups is 1. The van der Waals surface area contributed by atoms with Crippen LogP contribution in [0, 0.1) is 0 Å². The molecule has 33 heavy (non-hydrogen) atoms. The van der Waals surface area contributed by atoms with Crippen LogP contribution in [0.2, 0.25) is 0 Å². The summed E-state index contributed by atoms with van der Waals surface area (Å²) in [6.07, 6.45) is 3.80. The van der Waals surface area contributed by atoms with Crippen LogP contribution in [0.5, 0.6) is 0 Å². The smallest absolute Gasteiger partial charge is 0.273 e. The highest BCUT2D eigenvalue weighted by Crippen LogP contribution is 2.35. The molecule has 0 saturated heterocycles. The van der Waals surface area contributed by atoms with Gasteiger partial charge in [0.25, 0.3) is 5.91 Å². The molecule has 1 amide bonds. The Hall–Kier alpha value is -3.55. The predicted octanol–water partition coefficient (Wildman–Crippen LogP) is 4.59. The predicted molar refractivity (Wildman–Crippen MR) is 133 cm³/mol. The Bertz CT molecular complexity index is 1300. The van der Waals surface area contributed by atoms with Gasteiger partial charge in [0, 0.05) is 30.1 Å². The van der Waals surface area contributed by atoms with Crippen LogP contribution in [0.4, 0.5) is 5.82 Å². The lowest BCUT2D eigenvalue weighted by molar-refractivity contribution is 0.0959. The first kappa shape index (κ1) is 21.3. The zero-order valence-electron chi connectivity index (χ0n) is 18.3. The van der Waals surface area contributed by atoms with Gasteiger partial charge in [0.1, 0.15) is 0 Å². The number of nitrogen functional groups attached to an aromatic ring is 1. The highest BCUT2D eigenvalue weighted by molar-refractivity contribution is 7.13. The normalized spacial score (nSPS) is 14.8. The van der Waals surface area contributed by atoms with Gasteiger partial charge in [-0.05, 0) is 52.6 Å². The zero-order valence-corrected chi connectivity index (χ0v) is 19.2. The minimum Gasteiger partial charge on any atom is -0.382 e. The van der Waals surface area contributed by atoms with E-state index in [0.29, 0.717) is 11.7 Å². The molecular formula is C26H25N5OS. The fourth-order valence-electron chi connectivity index (χ4n) is 4.33. The molecular weight excluding hydrogens is 430 g/mol. The maximum atomic E-state index is 12.0. The van der Waals surface area contributed by atoms with E-state index in [0.717, 1.165) is 30.5 Å². The molecule has 0 bridgehead atoms. The lowest BCUT2D eigenvalue weighted by Crippen LogP contribution is -2.21. The van der Waals surface area contributed by atoms with Crippen molar-refractivity contribution in [3.05, 3.63) is 88.6 Å². The highest BCUT2D eigenvalue weighted by atomic mass is 32.1. The largest absolute Gasteiger partial charge is 0.382 e. The van der Waals surface area contributed by atoms with Gasteiger partial charge in [0.15, 0.2) is 11.5 Å². The van der Waals surface area contributed by atoms with E-state index in [2.05, 4.69) is 68.4 Å². The average molecular weight is 456 g/mol. The van der Waals surface area contributed by atoms with Crippen molar-refractivity contribution in [2.45, 2.75) is 25.4 Å². The van der Waals surface area contributed by atoms with Crippen molar-refractivity contribution in [2.75, 3.05) is 12.8 Å². The Morgan fingerprint density at radius 1 is 1.15 bits per heavy atom. The summed E-state index contributed by atoms with van der Waals surface area (Å²) in [4.78, 5) is 21.9. The molecule has 0 aliphatic heterocycles. The molecule has 7 heteroatoms. The van der Waals surface area contributed by atoms with E-state index in [-0.39, 0.29) is 17.4 Å². The first-order valence-corrected chi connectivity index (χ1v) is 11.8. The average Bonchev–Trinajstić information content (AvgIpc) is 3.53. The summed E-state index contributed by atoms with van der Waals surface area (Å²) >= 11 is 1.78. The van der Waals surface area contributed by atoms with E-state index in [4.69, 9.17) is 5.73 Å². The van der Waals surface area contributed by atoms with Gasteiger partial charge in [-0.15, -0.1) is 11.3 Å². The first-order chi connectivity index (χ1) is 16.1. The number of fused-ring (bicyclic) bond motifs is 1. The van der Waals surface area contributed by atoms with Crippen molar-refractivity contribution >= 4 is 23.1 Å². The third kappa shape index (κ3) is 4.37. The van der Waals surface area contributed by atoms with Crippen LogP contribution < -0.4 is 16.4 Å². The number of aromatic nitrogens is 2. The van der Waals surface area contributed by atoms with E-state index in [9.17, 15) is 4.79 Å². The van der Waals surface area contributed by atoms with Crippen molar-refractivity contribution in [3.63, 3.8) is 0 Å². The standard InChI is InChI=1S/C26H25N5OS/c1-28-26(32)24-25(27)30-15-22(31-24)18-5-2-4-16(12-18)14-29-21-10-8-17-13-19(7-9-20(17)21)23-6-3-11-33-23/h2-7,9,11-13,15,21,29H,8,10,14H2,1H3,(H2,27,30)(H,28,32)/t21-/m0/s1. The Kier molecular flexibility index (Phi) is 5.90. The molecule has 0 radical (unpaired) electrons. The first-order valence-electron chi connectivity index (χ1n) is 11.0. The molecule has 166 valence electrons. The van der Waals surface area contributed by atoms with Crippen molar-refractivity contribution < 1.29 is 4.79 Å². The monoisotopic (exact) mass is 455 g/mol. The van der Waals surface area contributed by atoms with Crippen LogP contribution in [-0.4, -0.2) is 22.9 Å². The summed E-state index contributed by atoms with van der Waals surface area (Å²) in [7, 11) is 1.55. The SMILES string of the molecule is CNC(=O)c1nc(-c2cccc(CN[C@H]3CCc4cc(-c5cccs5)ccc43)c2)cnc1N. The molecule has 6 nitrogen and oxygen atoms in total. The molecule has 4 aromatic rings. The van der Waals surface area contributed by atoms with Crippen molar-refractivity contribution in [3.8, 4) is 21.7 Å². The molecule has 5 rings (SSSR count). The number of rotatable bonds is 6. The number of aryl methyl sites for hydroxylation is 1. The van der Waals surface area contributed by atoms with E-state index in [1.807, 2.05) is 12.1 Å². The quantitative estimate of drug-likeness (QED) is 0.395. The van der Waals surface area contributed by atoms with Crippen molar-refractivity contribution in [1.82, 2.24) is 20.6 Å². The number of benzene rings is 2. The summed E-state index contributed by atoms with van der Waals surface area (Å²) in [5, 5.41) is 8.39. The van der Waals surface area contributed by atoms with Crippen LogP contribution in [0.25, 0.3) is 21.7 Å². The number of nitrogens with one attached hydrogen (secondary N) is 2. The van der Waals surface area contributed by atoms with Crippen LogP contribution in [0.15, 0.2) is 66.2 Å². The van der Waals surface area contributed by atoms with Crippen LogP contribution in [-0.2, 0) is 13.0 Å². The van der Waals surface area contributed by atoms with Gasteiger partial charge in [0.2, 0.25) is 0 Å². The molecule has 1 aliphatic rings. The fourth-order valence-corrected chi connectivity index (χ4v) is 5.05. The van der Waals surface area contributed by atoms with Gasteiger partial charge in [-0.2, -0.15) is 0 Å². The second-order valence-electron chi connectivity index (χ2n) is 8.13. The maximum Gasteiger partial charge on any atom is 0.273 e. The Morgan fingerprint density at radius 3 is 2.88 bits per heavy atom. The lowest BCUT2D eigenvalue weighted by atomic mass is 10.0. The summed E-state index contributed by atoms with van der Waals surface area (Å²) in [5.74, 6) is -0.222.